The van der Waals surface area contributed by atoms with Crippen LogP contribution in [0.2, 0.25) is 0 Å². The second-order valence-corrected chi connectivity index (χ2v) is 6.79. The lowest BCUT2D eigenvalue weighted by molar-refractivity contribution is 0.0714. The van der Waals surface area contributed by atoms with Crippen molar-refractivity contribution in [2.24, 2.45) is 0 Å². The highest BCUT2D eigenvalue weighted by Crippen LogP contribution is 2.23. The van der Waals surface area contributed by atoms with Gasteiger partial charge >= 0.3 is 0 Å². The van der Waals surface area contributed by atoms with E-state index in [9.17, 15) is 4.79 Å². The van der Waals surface area contributed by atoms with Crippen LogP contribution in [0.3, 0.4) is 0 Å². The molecule has 1 aliphatic heterocycles. The number of carbonyl (C=O) groups is 1. The maximum atomic E-state index is 12.6. The Labute approximate surface area is 146 Å². The van der Waals surface area contributed by atoms with Gasteiger partial charge in [0.25, 0.3) is 5.91 Å². The molecule has 0 saturated carbocycles. The number of furan rings is 1. The number of aryl methyl sites for hydroxylation is 2. The van der Waals surface area contributed by atoms with Gasteiger partial charge in [0, 0.05) is 17.9 Å². The fourth-order valence-corrected chi connectivity index (χ4v) is 3.61. The van der Waals surface area contributed by atoms with Crippen LogP contribution >= 0.6 is 11.8 Å². The first-order valence-electron chi connectivity index (χ1n) is 8.08. The van der Waals surface area contributed by atoms with Crippen LogP contribution in [0.25, 0.3) is 0 Å². The second kappa shape index (κ2) is 7.21. The molecule has 3 heterocycles. The first-order valence-corrected chi connectivity index (χ1v) is 9.07. The van der Waals surface area contributed by atoms with Crippen molar-refractivity contribution in [2.45, 2.75) is 44.1 Å². The molecule has 1 unspecified atom stereocenters. The van der Waals surface area contributed by atoms with Crippen LogP contribution in [0.1, 0.15) is 41.0 Å². The van der Waals surface area contributed by atoms with E-state index in [1.807, 2.05) is 37.0 Å². The SMILES string of the molecule is CCC1C=CCN1C(=O)c1ccc(CSc2nc(C)cc(C)n2)o1. The zero-order valence-electron chi connectivity index (χ0n) is 14.2. The first-order chi connectivity index (χ1) is 11.6. The highest BCUT2D eigenvalue weighted by Gasteiger charge is 2.26. The summed E-state index contributed by atoms with van der Waals surface area (Å²) in [5.41, 5.74) is 1.90. The highest BCUT2D eigenvalue weighted by molar-refractivity contribution is 7.98. The molecule has 126 valence electrons. The average Bonchev–Trinajstić information content (AvgIpc) is 3.20. The molecule has 6 heteroatoms. The monoisotopic (exact) mass is 343 g/mol. The van der Waals surface area contributed by atoms with Gasteiger partial charge in [-0.3, -0.25) is 4.79 Å². The number of amides is 1. The zero-order valence-corrected chi connectivity index (χ0v) is 15.0. The van der Waals surface area contributed by atoms with Gasteiger partial charge in [0.1, 0.15) is 5.76 Å². The molecule has 1 atom stereocenters. The first kappa shape index (κ1) is 16.8. The summed E-state index contributed by atoms with van der Waals surface area (Å²) in [5.74, 6) is 1.71. The van der Waals surface area contributed by atoms with E-state index in [2.05, 4.69) is 23.0 Å². The molecule has 5 nitrogen and oxygen atoms in total. The van der Waals surface area contributed by atoms with Gasteiger partial charge in [-0.25, -0.2) is 9.97 Å². The van der Waals surface area contributed by atoms with E-state index < -0.39 is 0 Å². The number of hydrogen-bond donors (Lipinski definition) is 0. The zero-order chi connectivity index (χ0) is 17.1. The predicted octanol–water partition coefficient (Wildman–Crippen LogP) is 3.77. The van der Waals surface area contributed by atoms with Gasteiger partial charge in [0.15, 0.2) is 10.9 Å². The molecular formula is C18H21N3O2S. The minimum absolute atomic E-state index is 0.0502. The van der Waals surface area contributed by atoms with E-state index in [0.29, 0.717) is 18.1 Å². The molecule has 0 fully saturated rings. The molecule has 0 spiro atoms. The average molecular weight is 343 g/mol. The van der Waals surface area contributed by atoms with E-state index in [4.69, 9.17) is 4.42 Å². The molecule has 0 aromatic carbocycles. The van der Waals surface area contributed by atoms with Crippen molar-refractivity contribution in [3.63, 3.8) is 0 Å². The van der Waals surface area contributed by atoms with Gasteiger partial charge < -0.3 is 9.32 Å². The van der Waals surface area contributed by atoms with Gasteiger partial charge in [-0.15, -0.1) is 0 Å². The van der Waals surface area contributed by atoms with E-state index in [0.717, 1.165) is 28.7 Å². The van der Waals surface area contributed by atoms with E-state index in [1.54, 1.807) is 6.07 Å². The van der Waals surface area contributed by atoms with Crippen LogP contribution in [0.4, 0.5) is 0 Å². The summed E-state index contributed by atoms with van der Waals surface area (Å²) in [4.78, 5) is 23.2. The van der Waals surface area contributed by atoms with Crippen molar-refractivity contribution in [1.82, 2.24) is 14.9 Å². The molecule has 0 radical (unpaired) electrons. The summed E-state index contributed by atoms with van der Waals surface area (Å²) >= 11 is 1.51. The van der Waals surface area contributed by atoms with Crippen LogP contribution in [0.5, 0.6) is 0 Å². The topological polar surface area (TPSA) is 59.2 Å². The number of carbonyl (C=O) groups excluding carboxylic acids is 1. The largest absolute Gasteiger partial charge is 0.455 e. The van der Waals surface area contributed by atoms with Crippen LogP contribution in [-0.2, 0) is 5.75 Å². The third-order valence-electron chi connectivity index (χ3n) is 3.92. The molecule has 0 N–H and O–H groups in total. The van der Waals surface area contributed by atoms with Gasteiger partial charge in [-0.05, 0) is 38.5 Å². The van der Waals surface area contributed by atoms with Crippen molar-refractivity contribution in [2.75, 3.05) is 6.54 Å². The Balaban J connectivity index is 1.64. The van der Waals surface area contributed by atoms with Gasteiger partial charge in [0.05, 0.1) is 11.8 Å². The standard InChI is InChI=1S/C18H21N3O2S/c1-4-14-6-5-9-21(14)17(22)16-8-7-15(23-16)11-24-18-19-12(2)10-13(3)20-18/h5-8,10,14H,4,9,11H2,1-3H3. The third kappa shape index (κ3) is 3.70. The molecule has 2 aromatic heterocycles. The summed E-state index contributed by atoms with van der Waals surface area (Å²) in [5, 5.41) is 0.728. The Kier molecular flexibility index (Phi) is 5.04. The summed E-state index contributed by atoms with van der Waals surface area (Å²) < 4.78 is 5.74. The van der Waals surface area contributed by atoms with Crippen LogP contribution < -0.4 is 0 Å². The Bertz CT molecular complexity index is 749. The van der Waals surface area contributed by atoms with Crippen LogP contribution in [0.15, 0.2) is 39.9 Å². The smallest absolute Gasteiger partial charge is 0.290 e. The highest BCUT2D eigenvalue weighted by atomic mass is 32.2. The lowest BCUT2D eigenvalue weighted by Gasteiger charge is -2.22. The minimum Gasteiger partial charge on any atom is -0.455 e. The number of thioether (sulfide) groups is 1. The summed E-state index contributed by atoms with van der Waals surface area (Å²) in [6.45, 7) is 6.64. The molecular weight excluding hydrogens is 322 g/mol. The number of nitrogens with zero attached hydrogens (tertiary/aromatic N) is 3. The quantitative estimate of drug-likeness (QED) is 0.470. The second-order valence-electron chi connectivity index (χ2n) is 5.85. The number of hydrogen-bond acceptors (Lipinski definition) is 5. The molecule has 2 aromatic rings. The summed E-state index contributed by atoms with van der Waals surface area (Å²) in [6.07, 6.45) is 5.02. The molecule has 0 aliphatic carbocycles. The summed E-state index contributed by atoms with van der Waals surface area (Å²) in [6, 6.07) is 5.73. The van der Waals surface area contributed by atoms with Crippen LogP contribution in [-0.4, -0.2) is 33.4 Å². The fourth-order valence-electron chi connectivity index (χ4n) is 2.77. The Morgan fingerprint density at radius 3 is 2.79 bits per heavy atom. The molecule has 0 saturated heterocycles. The molecule has 1 amide bonds. The van der Waals surface area contributed by atoms with Crippen molar-refractivity contribution in [3.05, 3.63) is 53.3 Å². The Hall–Kier alpha value is -2.08. The predicted molar refractivity (Wildman–Crippen MR) is 94.0 cm³/mol. The Morgan fingerprint density at radius 2 is 2.08 bits per heavy atom. The summed E-state index contributed by atoms with van der Waals surface area (Å²) in [7, 11) is 0. The van der Waals surface area contributed by atoms with Gasteiger partial charge in [0.2, 0.25) is 0 Å². The fraction of sp³-hybridized carbons (Fsp3) is 0.389. The molecule has 0 bridgehead atoms. The van der Waals surface area contributed by atoms with Crippen molar-refractivity contribution in [3.8, 4) is 0 Å². The van der Waals surface area contributed by atoms with E-state index in [-0.39, 0.29) is 11.9 Å². The minimum atomic E-state index is -0.0502. The van der Waals surface area contributed by atoms with Crippen LogP contribution in [0, 0.1) is 13.8 Å². The number of rotatable bonds is 5. The maximum Gasteiger partial charge on any atom is 0.290 e. The van der Waals surface area contributed by atoms with E-state index in [1.165, 1.54) is 11.8 Å². The lowest BCUT2D eigenvalue weighted by atomic mass is 10.2. The van der Waals surface area contributed by atoms with Gasteiger partial charge in [-0.1, -0.05) is 30.8 Å². The van der Waals surface area contributed by atoms with Crippen molar-refractivity contribution in [1.29, 1.82) is 0 Å². The van der Waals surface area contributed by atoms with Crippen molar-refractivity contribution >= 4 is 17.7 Å². The Morgan fingerprint density at radius 1 is 1.33 bits per heavy atom. The molecule has 3 rings (SSSR count). The maximum absolute atomic E-state index is 12.6. The molecule has 24 heavy (non-hydrogen) atoms. The number of aromatic nitrogens is 2. The lowest BCUT2D eigenvalue weighted by Crippen LogP contribution is -2.35. The normalized spacial score (nSPS) is 16.8. The third-order valence-corrected chi connectivity index (χ3v) is 4.79. The van der Waals surface area contributed by atoms with E-state index >= 15 is 0 Å². The van der Waals surface area contributed by atoms with Crippen molar-refractivity contribution < 1.29 is 9.21 Å². The molecule has 1 aliphatic rings. The van der Waals surface area contributed by atoms with Gasteiger partial charge in [-0.2, -0.15) is 0 Å².